The summed E-state index contributed by atoms with van der Waals surface area (Å²) < 4.78 is 12.3. The number of aromatic nitrogens is 1. The SMILES string of the molecule is CC1CCCC(S(=O)c2ncccc2N)C1. The number of nitrogens with two attached hydrogens (primary N) is 1. The summed E-state index contributed by atoms with van der Waals surface area (Å²) in [6.45, 7) is 2.23. The van der Waals surface area contributed by atoms with Gasteiger partial charge in [0.1, 0.15) is 5.03 Å². The van der Waals surface area contributed by atoms with Gasteiger partial charge in [-0.1, -0.05) is 19.8 Å². The van der Waals surface area contributed by atoms with Gasteiger partial charge in [0, 0.05) is 11.4 Å². The van der Waals surface area contributed by atoms with Crippen molar-refractivity contribution in [3.05, 3.63) is 18.3 Å². The molecule has 4 heteroatoms. The van der Waals surface area contributed by atoms with E-state index in [-0.39, 0.29) is 5.25 Å². The third kappa shape index (κ3) is 2.43. The van der Waals surface area contributed by atoms with Gasteiger partial charge in [0.05, 0.1) is 16.5 Å². The molecule has 16 heavy (non-hydrogen) atoms. The molecule has 3 atom stereocenters. The normalized spacial score (nSPS) is 27.6. The molecule has 1 heterocycles. The van der Waals surface area contributed by atoms with E-state index in [1.807, 2.05) is 0 Å². The second-order valence-electron chi connectivity index (χ2n) is 4.59. The van der Waals surface area contributed by atoms with Crippen molar-refractivity contribution in [2.24, 2.45) is 5.92 Å². The highest BCUT2D eigenvalue weighted by molar-refractivity contribution is 7.85. The minimum Gasteiger partial charge on any atom is -0.396 e. The third-order valence-electron chi connectivity index (χ3n) is 3.18. The molecule has 2 N–H and O–H groups in total. The van der Waals surface area contributed by atoms with Gasteiger partial charge in [-0.15, -0.1) is 0 Å². The number of pyridine rings is 1. The molecule has 0 radical (unpaired) electrons. The summed E-state index contributed by atoms with van der Waals surface area (Å²) in [6.07, 6.45) is 6.15. The van der Waals surface area contributed by atoms with Gasteiger partial charge < -0.3 is 5.73 Å². The lowest BCUT2D eigenvalue weighted by Gasteiger charge is -2.25. The summed E-state index contributed by atoms with van der Waals surface area (Å²) >= 11 is 0. The first-order chi connectivity index (χ1) is 7.68. The van der Waals surface area contributed by atoms with Crippen molar-refractivity contribution in [1.29, 1.82) is 0 Å². The molecule has 0 aromatic carbocycles. The van der Waals surface area contributed by atoms with Crippen LogP contribution in [0.3, 0.4) is 0 Å². The molecule has 0 spiro atoms. The fraction of sp³-hybridized carbons (Fsp3) is 0.583. The molecule has 1 aliphatic carbocycles. The Morgan fingerprint density at radius 1 is 1.50 bits per heavy atom. The van der Waals surface area contributed by atoms with E-state index in [1.165, 1.54) is 12.8 Å². The maximum Gasteiger partial charge on any atom is 0.150 e. The molecule has 0 bridgehead atoms. The van der Waals surface area contributed by atoms with E-state index in [0.29, 0.717) is 16.6 Å². The molecule has 1 saturated carbocycles. The predicted molar refractivity (Wildman–Crippen MR) is 66.5 cm³/mol. The van der Waals surface area contributed by atoms with Crippen LogP contribution in [0.1, 0.15) is 32.6 Å². The summed E-state index contributed by atoms with van der Waals surface area (Å²) in [6, 6.07) is 3.55. The molecule has 3 nitrogen and oxygen atoms in total. The number of hydrogen-bond acceptors (Lipinski definition) is 3. The average molecular weight is 238 g/mol. The Kier molecular flexibility index (Phi) is 3.59. The predicted octanol–water partition coefficient (Wildman–Crippen LogP) is 2.35. The first-order valence-corrected chi connectivity index (χ1v) is 7.01. The summed E-state index contributed by atoms with van der Waals surface area (Å²) in [5, 5.41) is 0.808. The molecular weight excluding hydrogens is 220 g/mol. The minimum atomic E-state index is -1.04. The number of nitrogen functional groups attached to an aromatic ring is 1. The van der Waals surface area contributed by atoms with Gasteiger partial charge in [0.15, 0.2) is 0 Å². The van der Waals surface area contributed by atoms with E-state index in [0.717, 1.165) is 12.8 Å². The molecule has 1 aliphatic rings. The van der Waals surface area contributed by atoms with E-state index >= 15 is 0 Å². The van der Waals surface area contributed by atoms with Crippen molar-refractivity contribution in [1.82, 2.24) is 4.98 Å². The Morgan fingerprint density at radius 3 is 3.00 bits per heavy atom. The Hall–Kier alpha value is -0.900. The van der Waals surface area contributed by atoms with Crippen LogP contribution in [0.2, 0.25) is 0 Å². The highest BCUT2D eigenvalue weighted by Gasteiger charge is 2.26. The summed E-state index contributed by atoms with van der Waals surface area (Å²) in [7, 11) is -1.04. The molecule has 1 aromatic heterocycles. The summed E-state index contributed by atoms with van der Waals surface area (Å²) in [4.78, 5) is 4.15. The van der Waals surface area contributed by atoms with Gasteiger partial charge in [-0.2, -0.15) is 0 Å². The first-order valence-electron chi connectivity index (χ1n) is 5.79. The maximum atomic E-state index is 12.3. The Morgan fingerprint density at radius 2 is 2.31 bits per heavy atom. The third-order valence-corrected chi connectivity index (χ3v) is 4.94. The monoisotopic (exact) mass is 238 g/mol. The molecule has 2 rings (SSSR count). The Balaban J connectivity index is 2.16. The Labute approximate surface area is 98.9 Å². The first kappa shape index (κ1) is 11.6. The zero-order chi connectivity index (χ0) is 11.5. The van der Waals surface area contributed by atoms with Crippen LogP contribution < -0.4 is 5.73 Å². The lowest BCUT2D eigenvalue weighted by atomic mass is 9.91. The van der Waals surface area contributed by atoms with Crippen molar-refractivity contribution < 1.29 is 4.21 Å². The minimum absolute atomic E-state index is 0.237. The number of anilines is 1. The van der Waals surface area contributed by atoms with E-state index in [9.17, 15) is 4.21 Å². The molecule has 3 unspecified atom stereocenters. The van der Waals surface area contributed by atoms with Crippen LogP contribution in [0, 0.1) is 5.92 Å². The van der Waals surface area contributed by atoms with Crippen molar-refractivity contribution in [2.45, 2.75) is 42.9 Å². The molecule has 0 saturated heterocycles. The fourth-order valence-corrected chi connectivity index (χ4v) is 3.97. The van der Waals surface area contributed by atoms with Crippen molar-refractivity contribution in [3.63, 3.8) is 0 Å². The van der Waals surface area contributed by atoms with Gasteiger partial charge in [0.2, 0.25) is 0 Å². The van der Waals surface area contributed by atoms with Gasteiger partial charge in [0.25, 0.3) is 0 Å². The van der Waals surface area contributed by atoms with Gasteiger partial charge in [-0.05, 0) is 30.9 Å². The van der Waals surface area contributed by atoms with E-state index in [4.69, 9.17) is 5.73 Å². The summed E-state index contributed by atoms with van der Waals surface area (Å²) in [5.74, 6) is 0.674. The molecule has 0 amide bonds. The zero-order valence-electron chi connectivity index (χ0n) is 9.56. The number of rotatable bonds is 2. The van der Waals surface area contributed by atoms with Crippen LogP contribution in [-0.2, 0) is 10.8 Å². The lowest BCUT2D eigenvalue weighted by Crippen LogP contribution is -2.24. The Bertz CT molecular complexity index is 394. The largest absolute Gasteiger partial charge is 0.396 e. The number of hydrogen-bond donors (Lipinski definition) is 1. The fourth-order valence-electron chi connectivity index (χ4n) is 2.30. The van der Waals surface area contributed by atoms with Crippen LogP contribution in [-0.4, -0.2) is 14.4 Å². The molecule has 88 valence electrons. The van der Waals surface area contributed by atoms with Gasteiger partial charge in [-0.25, -0.2) is 4.98 Å². The molecule has 1 fully saturated rings. The van der Waals surface area contributed by atoms with E-state index in [1.54, 1.807) is 18.3 Å². The highest BCUT2D eigenvalue weighted by Crippen LogP contribution is 2.30. The molecular formula is C12H18N2OS. The van der Waals surface area contributed by atoms with Crippen LogP contribution in [0.5, 0.6) is 0 Å². The van der Waals surface area contributed by atoms with Crippen molar-refractivity contribution in [3.8, 4) is 0 Å². The molecule has 0 aliphatic heterocycles. The lowest BCUT2D eigenvalue weighted by molar-refractivity contribution is 0.389. The number of nitrogens with zero attached hydrogens (tertiary/aromatic N) is 1. The van der Waals surface area contributed by atoms with Gasteiger partial charge in [-0.3, -0.25) is 4.21 Å². The van der Waals surface area contributed by atoms with Gasteiger partial charge >= 0.3 is 0 Å². The van der Waals surface area contributed by atoms with Crippen molar-refractivity contribution in [2.75, 3.05) is 5.73 Å². The van der Waals surface area contributed by atoms with E-state index < -0.39 is 10.8 Å². The standard InChI is InChI=1S/C12H18N2OS/c1-9-4-2-5-10(8-9)16(15)12-11(13)6-3-7-14-12/h3,6-7,9-10H,2,4-5,8,13H2,1H3. The van der Waals surface area contributed by atoms with Crippen LogP contribution in [0.15, 0.2) is 23.4 Å². The van der Waals surface area contributed by atoms with Crippen LogP contribution >= 0.6 is 0 Å². The van der Waals surface area contributed by atoms with Crippen molar-refractivity contribution >= 4 is 16.5 Å². The van der Waals surface area contributed by atoms with Crippen LogP contribution in [0.4, 0.5) is 5.69 Å². The second-order valence-corrected chi connectivity index (χ2v) is 6.24. The quantitative estimate of drug-likeness (QED) is 0.860. The van der Waals surface area contributed by atoms with Crippen LogP contribution in [0.25, 0.3) is 0 Å². The topological polar surface area (TPSA) is 56.0 Å². The molecule has 1 aromatic rings. The highest BCUT2D eigenvalue weighted by atomic mass is 32.2. The second kappa shape index (κ2) is 4.95. The summed E-state index contributed by atoms with van der Waals surface area (Å²) in [5.41, 5.74) is 6.36. The smallest absolute Gasteiger partial charge is 0.150 e. The zero-order valence-corrected chi connectivity index (χ0v) is 10.4. The maximum absolute atomic E-state index is 12.3. The van der Waals surface area contributed by atoms with E-state index in [2.05, 4.69) is 11.9 Å². The average Bonchev–Trinajstić information content (AvgIpc) is 2.29.